The van der Waals surface area contributed by atoms with Crippen LogP contribution in [0.2, 0.25) is 0 Å². The average molecular weight is 313 g/mol. The summed E-state index contributed by atoms with van der Waals surface area (Å²) in [4.78, 5) is 4.38. The van der Waals surface area contributed by atoms with Crippen molar-refractivity contribution in [2.24, 2.45) is 0 Å². The van der Waals surface area contributed by atoms with Crippen molar-refractivity contribution in [3.63, 3.8) is 0 Å². The van der Waals surface area contributed by atoms with E-state index >= 15 is 0 Å². The van der Waals surface area contributed by atoms with E-state index in [0.717, 1.165) is 30.9 Å². The maximum atomic E-state index is 12.4. The van der Waals surface area contributed by atoms with Crippen molar-refractivity contribution < 1.29 is 8.42 Å². The second kappa shape index (κ2) is 9.12. The van der Waals surface area contributed by atoms with Gasteiger partial charge in [0.05, 0.1) is 18.0 Å². The number of nitrogens with one attached hydrogen (secondary N) is 1. The summed E-state index contributed by atoms with van der Waals surface area (Å²) in [6, 6.07) is 5.69. The Balaban J connectivity index is 2.57. The Morgan fingerprint density at radius 3 is 2.62 bits per heavy atom. The van der Waals surface area contributed by atoms with Crippen LogP contribution in [0.4, 0.5) is 0 Å². The SMILES string of the molecule is CCCNCCCS(=O)(=O)N(CC)Cc1cccc(C)n1. The number of nitrogens with zero attached hydrogens (tertiary/aromatic N) is 2. The molecule has 120 valence electrons. The van der Waals surface area contributed by atoms with Gasteiger partial charge in [-0.05, 0) is 45.0 Å². The molecule has 0 fully saturated rings. The maximum Gasteiger partial charge on any atom is 0.214 e. The third-order valence-corrected chi connectivity index (χ3v) is 5.19. The zero-order valence-electron chi connectivity index (χ0n) is 13.3. The summed E-state index contributed by atoms with van der Waals surface area (Å²) in [6.45, 7) is 8.37. The fraction of sp³-hybridized carbons (Fsp3) is 0.667. The fourth-order valence-electron chi connectivity index (χ4n) is 2.09. The Kier molecular flexibility index (Phi) is 7.85. The molecule has 0 unspecified atom stereocenters. The number of pyridine rings is 1. The zero-order valence-corrected chi connectivity index (χ0v) is 14.1. The van der Waals surface area contributed by atoms with Gasteiger partial charge in [-0.15, -0.1) is 0 Å². The third kappa shape index (κ3) is 6.54. The van der Waals surface area contributed by atoms with Crippen LogP contribution in [0.25, 0.3) is 0 Å². The molecule has 0 spiro atoms. The van der Waals surface area contributed by atoms with E-state index in [4.69, 9.17) is 0 Å². The highest BCUT2D eigenvalue weighted by Crippen LogP contribution is 2.09. The van der Waals surface area contributed by atoms with Gasteiger partial charge in [-0.2, -0.15) is 4.31 Å². The average Bonchev–Trinajstić information content (AvgIpc) is 2.44. The first-order valence-corrected chi connectivity index (χ1v) is 9.21. The van der Waals surface area contributed by atoms with Crippen molar-refractivity contribution >= 4 is 10.0 Å². The van der Waals surface area contributed by atoms with Gasteiger partial charge in [-0.1, -0.05) is 19.9 Å². The molecule has 6 heteroatoms. The summed E-state index contributed by atoms with van der Waals surface area (Å²) in [7, 11) is -3.22. The largest absolute Gasteiger partial charge is 0.317 e. The Bertz CT molecular complexity index is 517. The molecule has 5 nitrogen and oxygen atoms in total. The van der Waals surface area contributed by atoms with Gasteiger partial charge in [0.25, 0.3) is 0 Å². The van der Waals surface area contributed by atoms with Gasteiger partial charge in [-0.25, -0.2) is 8.42 Å². The molecule has 1 rings (SSSR count). The quantitative estimate of drug-likeness (QED) is 0.671. The number of hydrogen-bond acceptors (Lipinski definition) is 4. The van der Waals surface area contributed by atoms with Crippen molar-refractivity contribution in [2.75, 3.05) is 25.4 Å². The number of hydrogen-bond donors (Lipinski definition) is 1. The maximum absolute atomic E-state index is 12.4. The topological polar surface area (TPSA) is 62.3 Å². The van der Waals surface area contributed by atoms with Crippen LogP contribution in [0.15, 0.2) is 18.2 Å². The standard InChI is InChI=1S/C15H27N3O2S/c1-4-10-16-11-7-12-21(19,20)18(5-2)13-15-9-6-8-14(3)17-15/h6,8-9,16H,4-5,7,10-13H2,1-3H3. The molecule has 0 aliphatic carbocycles. The predicted molar refractivity (Wildman–Crippen MR) is 86.6 cm³/mol. The van der Waals surface area contributed by atoms with Crippen molar-refractivity contribution in [3.05, 3.63) is 29.6 Å². The third-order valence-electron chi connectivity index (χ3n) is 3.21. The van der Waals surface area contributed by atoms with Crippen molar-refractivity contribution in [1.29, 1.82) is 0 Å². The lowest BCUT2D eigenvalue weighted by atomic mass is 10.3. The van der Waals surface area contributed by atoms with Crippen molar-refractivity contribution in [1.82, 2.24) is 14.6 Å². The van der Waals surface area contributed by atoms with E-state index in [1.165, 1.54) is 4.31 Å². The molecule has 0 aliphatic heterocycles. The minimum absolute atomic E-state index is 0.184. The zero-order chi connectivity index (χ0) is 15.7. The van der Waals surface area contributed by atoms with E-state index in [-0.39, 0.29) is 5.75 Å². The van der Waals surface area contributed by atoms with Crippen LogP contribution in [0, 0.1) is 6.92 Å². The smallest absolute Gasteiger partial charge is 0.214 e. The number of aryl methyl sites for hydroxylation is 1. The predicted octanol–water partition coefficient (Wildman–Crippen LogP) is 1.93. The summed E-state index contributed by atoms with van der Waals surface area (Å²) in [5, 5.41) is 3.23. The first kappa shape index (κ1) is 18.1. The molecule has 1 N–H and O–H groups in total. The molecule has 0 aromatic carbocycles. The number of aromatic nitrogens is 1. The highest BCUT2D eigenvalue weighted by molar-refractivity contribution is 7.89. The van der Waals surface area contributed by atoms with Crippen LogP contribution in [-0.4, -0.2) is 43.1 Å². The molecule has 21 heavy (non-hydrogen) atoms. The lowest BCUT2D eigenvalue weighted by Gasteiger charge is -2.20. The second-order valence-corrected chi connectivity index (χ2v) is 7.20. The highest BCUT2D eigenvalue weighted by Gasteiger charge is 2.20. The minimum atomic E-state index is -3.22. The summed E-state index contributed by atoms with van der Waals surface area (Å²) >= 11 is 0. The van der Waals surface area contributed by atoms with E-state index in [9.17, 15) is 8.42 Å². The summed E-state index contributed by atoms with van der Waals surface area (Å²) in [6.07, 6.45) is 1.70. The van der Waals surface area contributed by atoms with E-state index in [0.29, 0.717) is 19.5 Å². The Morgan fingerprint density at radius 2 is 2.00 bits per heavy atom. The highest BCUT2D eigenvalue weighted by atomic mass is 32.2. The molecule has 0 saturated carbocycles. The summed E-state index contributed by atoms with van der Waals surface area (Å²) < 4.78 is 26.2. The van der Waals surface area contributed by atoms with Gasteiger partial charge in [0.1, 0.15) is 0 Å². The summed E-state index contributed by atoms with van der Waals surface area (Å²) in [5.41, 5.74) is 1.70. The molecule has 0 saturated heterocycles. The molecule has 0 amide bonds. The minimum Gasteiger partial charge on any atom is -0.317 e. The van der Waals surface area contributed by atoms with E-state index < -0.39 is 10.0 Å². The number of sulfonamides is 1. The van der Waals surface area contributed by atoms with Gasteiger partial charge >= 0.3 is 0 Å². The molecule has 0 atom stereocenters. The van der Waals surface area contributed by atoms with Gasteiger partial charge in [-0.3, -0.25) is 4.98 Å². The first-order valence-electron chi connectivity index (χ1n) is 7.60. The lowest BCUT2D eigenvalue weighted by Crippen LogP contribution is -2.33. The fourth-order valence-corrected chi connectivity index (χ4v) is 3.58. The van der Waals surface area contributed by atoms with Gasteiger partial charge in [0, 0.05) is 12.2 Å². The second-order valence-electron chi connectivity index (χ2n) is 5.12. The lowest BCUT2D eigenvalue weighted by molar-refractivity contribution is 0.417. The molecule has 0 aliphatic rings. The van der Waals surface area contributed by atoms with E-state index in [1.807, 2.05) is 32.0 Å². The molecule has 0 bridgehead atoms. The van der Waals surface area contributed by atoms with Crippen LogP contribution in [0.1, 0.15) is 38.1 Å². The molecule has 1 heterocycles. The summed E-state index contributed by atoms with van der Waals surface area (Å²) in [5.74, 6) is 0.184. The normalized spacial score (nSPS) is 12.0. The Labute approximate surface area is 128 Å². The van der Waals surface area contributed by atoms with Crippen LogP contribution in [0.3, 0.4) is 0 Å². The molecule has 0 radical (unpaired) electrons. The van der Waals surface area contributed by atoms with Gasteiger partial charge < -0.3 is 5.32 Å². The molecular weight excluding hydrogens is 286 g/mol. The van der Waals surface area contributed by atoms with Crippen LogP contribution in [0.5, 0.6) is 0 Å². The first-order chi connectivity index (χ1) is 9.99. The Morgan fingerprint density at radius 1 is 1.24 bits per heavy atom. The monoisotopic (exact) mass is 313 g/mol. The van der Waals surface area contributed by atoms with Gasteiger partial charge in [0.15, 0.2) is 0 Å². The van der Waals surface area contributed by atoms with Crippen LogP contribution in [-0.2, 0) is 16.6 Å². The van der Waals surface area contributed by atoms with Crippen molar-refractivity contribution in [2.45, 2.75) is 40.2 Å². The van der Waals surface area contributed by atoms with Crippen molar-refractivity contribution in [3.8, 4) is 0 Å². The molecular formula is C15H27N3O2S. The number of rotatable bonds is 10. The van der Waals surface area contributed by atoms with E-state index in [1.54, 1.807) is 0 Å². The van der Waals surface area contributed by atoms with Crippen LogP contribution >= 0.6 is 0 Å². The van der Waals surface area contributed by atoms with Gasteiger partial charge in [0.2, 0.25) is 10.0 Å². The van der Waals surface area contributed by atoms with Crippen LogP contribution < -0.4 is 5.32 Å². The van der Waals surface area contributed by atoms with E-state index in [2.05, 4.69) is 17.2 Å². The molecule has 1 aromatic heterocycles. The molecule has 1 aromatic rings. The Hall–Kier alpha value is -0.980.